The van der Waals surface area contributed by atoms with Crippen molar-refractivity contribution in [3.63, 3.8) is 0 Å². The van der Waals surface area contributed by atoms with Crippen molar-refractivity contribution in [1.82, 2.24) is 0 Å². The first-order chi connectivity index (χ1) is 9.99. The van der Waals surface area contributed by atoms with E-state index in [0.717, 1.165) is 10.2 Å². The summed E-state index contributed by atoms with van der Waals surface area (Å²) >= 11 is 8.48. The van der Waals surface area contributed by atoms with Crippen molar-refractivity contribution in [2.45, 2.75) is 6.92 Å². The molecular formula is C14H19BrN2O3S. The summed E-state index contributed by atoms with van der Waals surface area (Å²) in [5.41, 5.74) is 7.27. The van der Waals surface area contributed by atoms with E-state index in [1.54, 1.807) is 14.0 Å². The number of esters is 1. The number of methoxy groups -OCH3 is 1. The van der Waals surface area contributed by atoms with Gasteiger partial charge in [0.1, 0.15) is 11.5 Å². The first-order valence-corrected chi connectivity index (χ1v) is 7.68. The Morgan fingerprint density at radius 2 is 2.19 bits per heavy atom. The van der Waals surface area contributed by atoms with Gasteiger partial charge in [0.25, 0.3) is 0 Å². The number of hydrogen-bond acceptors (Lipinski definition) is 5. The molecule has 2 N–H and O–H groups in total. The second-order valence-corrected chi connectivity index (χ2v) is 5.60. The Balaban J connectivity index is 3.07. The highest BCUT2D eigenvalue weighted by Crippen LogP contribution is 2.24. The number of hydrogen-bond donors (Lipinski definition) is 1. The lowest BCUT2D eigenvalue weighted by molar-refractivity contribution is -0.141. The number of carbonyl (C=O) groups excluding carboxylic acids is 1. The highest BCUT2D eigenvalue weighted by Gasteiger charge is 2.17. The molecule has 0 aromatic heterocycles. The smallest absolute Gasteiger partial charge is 0.325 e. The molecule has 0 atom stereocenters. The topological polar surface area (TPSA) is 64.8 Å². The van der Waals surface area contributed by atoms with Crippen LogP contribution in [0.3, 0.4) is 0 Å². The Morgan fingerprint density at radius 1 is 1.48 bits per heavy atom. The quantitative estimate of drug-likeness (QED) is 0.555. The fourth-order valence-electron chi connectivity index (χ4n) is 1.83. The molecule has 0 saturated carbocycles. The van der Waals surface area contributed by atoms with Gasteiger partial charge in [0, 0.05) is 29.4 Å². The van der Waals surface area contributed by atoms with E-state index in [-0.39, 0.29) is 17.5 Å². The summed E-state index contributed by atoms with van der Waals surface area (Å²) in [7, 11) is 1.61. The molecule has 0 bridgehead atoms. The molecule has 0 aliphatic rings. The summed E-state index contributed by atoms with van der Waals surface area (Å²) < 4.78 is 11.0. The first-order valence-electron chi connectivity index (χ1n) is 6.48. The van der Waals surface area contributed by atoms with E-state index in [1.165, 1.54) is 0 Å². The van der Waals surface area contributed by atoms with Gasteiger partial charge in [0.15, 0.2) is 0 Å². The van der Waals surface area contributed by atoms with Crippen LogP contribution < -0.4 is 10.6 Å². The van der Waals surface area contributed by atoms with Crippen LogP contribution in [0.15, 0.2) is 22.7 Å². The predicted octanol–water partition coefficient (Wildman–Crippen LogP) is 2.10. The van der Waals surface area contributed by atoms with Crippen molar-refractivity contribution in [2.24, 2.45) is 5.73 Å². The molecule has 0 aliphatic carbocycles. The zero-order valence-electron chi connectivity index (χ0n) is 12.1. The van der Waals surface area contributed by atoms with E-state index < -0.39 is 0 Å². The fraction of sp³-hybridized carbons (Fsp3) is 0.429. The van der Waals surface area contributed by atoms with E-state index >= 15 is 0 Å². The molecule has 0 fully saturated rings. The van der Waals surface area contributed by atoms with Crippen molar-refractivity contribution in [3.05, 3.63) is 28.2 Å². The molecule has 116 valence electrons. The number of anilines is 1. The van der Waals surface area contributed by atoms with Gasteiger partial charge in [0.05, 0.1) is 13.2 Å². The van der Waals surface area contributed by atoms with E-state index in [2.05, 4.69) is 15.9 Å². The van der Waals surface area contributed by atoms with Crippen molar-refractivity contribution < 1.29 is 14.3 Å². The average Bonchev–Trinajstić information content (AvgIpc) is 2.43. The zero-order chi connectivity index (χ0) is 15.8. The van der Waals surface area contributed by atoms with Crippen LogP contribution in [-0.2, 0) is 14.3 Å². The Morgan fingerprint density at radius 3 is 2.76 bits per heavy atom. The monoisotopic (exact) mass is 374 g/mol. The number of carbonyl (C=O) groups is 1. The average molecular weight is 375 g/mol. The lowest BCUT2D eigenvalue weighted by Gasteiger charge is -2.25. The third-order valence-electron chi connectivity index (χ3n) is 2.76. The van der Waals surface area contributed by atoms with E-state index in [9.17, 15) is 4.79 Å². The van der Waals surface area contributed by atoms with Crippen LogP contribution in [-0.4, -0.2) is 44.4 Å². The summed E-state index contributed by atoms with van der Waals surface area (Å²) in [5, 5.41) is 0. The van der Waals surface area contributed by atoms with Crippen LogP contribution in [0, 0.1) is 0 Å². The van der Waals surface area contributed by atoms with Crippen LogP contribution in [0.1, 0.15) is 12.5 Å². The van der Waals surface area contributed by atoms with Crippen LogP contribution in [0.2, 0.25) is 0 Å². The largest absolute Gasteiger partial charge is 0.465 e. The lowest BCUT2D eigenvalue weighted by Crippen LogP contribution is -2.35. The normalized spacial score (nSPS) is 10.2. The molecule has 5 nitrogen and oxygen atoms in total. The maximum atomic E-state index is 11.8. The minimum absolute atomic E-state index is 0.119. The molecule has 0 spiro atoms. The van der Waals surface area contributed by atoms with Gasteiger partial charge in [-0.3, -0.25) is 4.79 Å². The summed E-state index contributed by atoms with van der Waals surface area (Å²) in [6, 6.07) is 5.58. The Bertz CT molecular complexity index is 511. The molecule has 0 heterocycles. The number of ether oxygens (including phenoxy) is 2. The molecule has 0 unspecified atom stereocenters. The second kappa shape index (κ2) is 8.96. The van der Waals surface area contributed by atoms with Crippen LogP contribution in [0.4, 0.5) is 5.69 Å². The van der Waals surface area contributed by atoms with Crippen molar-refractivity contribution in [3.8, 4) is 0 Å². The molecule has 0 saturated heterocycles. The molecule has 1 aromatic carbocycles. The minimum atomic E-state index is -0.301. The summed E-state index contributed by atoms with van der Waals surface area (Å²) in [5.74, 6) is -0.301. The number of halogens is 1. The third kappa shape index (κ3) is 5.61. The summed E-state index contributed by atoms with van der Waals surface area (Å²) in [6.45, 7) is 3.25. The number of rotatable bonds is 8. The number of nitrogens with two attached hydrogens (primary N) is 1. The molecule has 0 amide bonds. The minimum Gasteiger partial charge on any atom is -0.465 e. The Kier molecular flexibility index (Phi) is 7.63. The molecule has 1 aromatic rings. The molecule has 1 rings (SSSR count). The SMILES string of the molecule is CCOC(=O)CN(CCOC)c1ccc(Br)cc1C(N)=S. The van der Waals surface area contributed by atoms with E-state index in [0.29, 0.717) is 25.3 Å². The first kappa shape index (κ1) is 17.9. The van der Waals surface area contributed by atoms with Gasteiger partial charge in [-0.1, -0.05) is 28.1 Å². The molecule has 0 aliphatic heterocycles. The van der Waals surface area contributed by atoms with Crippen molar-refractivity contribution >= 4 is 44.8 Å². The van der Waals surface area contributed by atoms with Crippen LogP contribution in [0.5, 0.6) is 0 Å². The lowest BCUT2D eigenvalue weighted by atomic mass is 10.1. The van der Waals surface area contributed by atoms with Gasteiger partial charge in [-0.15, -0.1) is 0 Å². The summed E-state index contributed by atoms with van der Waals surface area (Å²) in [4.78, 5) is 13.9. The molecule has 0 radical (unpaired) electrons. The fourth-order valence-corrected chi connectivity index (χ4v) is 2.35. The molecule has 21 heavy (non-hydrogen) atoms. The third-order valence-corrected chi connectivity index (χ3v) is 3.47. The maximum absolute atomic E-state index is 11.8. The highest BCUT2D eigenvalue weighted by atomic mass is 79.9. The highest BCUT2D eigenvalue weighted by molar-refractivity contribution is 9.10. The Labute approximate surface area is 138 Å². The van der Waals surface area contributed by atoms with Gasteiger partial charge < -0.3 is 20.1 Å². The Hall–Kier alpha value is -1.18. The zero-order valence-corrected chi connectivity index (χ0v) is 14.5. The molecule has 7 heteroatoms. The van der Waals surface area contributed by atoms with Gasteiger partial charge in [0.2, 0.25) is 0 Å². The van der Waals surface area contributed by atoms with E-state index in [4.69, 9.17) is 27.4 Å². The number of nitrogens with zero attached hydrogens (tertiary/aromatic N) is 1. The van der Waals surface area contributed by atoms with Crippen LogP contribution in [0.25, 0.3) is 0 Å². The number of thiocarbonyl (C=S) groups is 1. The van der Waals surface area contributed by atoms with Gasteiger partial charge in [-0.25, -0.2) is 0 Å². The summed E-state index contributed by atoms with van der Waals surface area (Å²) in [6.07, 6.45) is 0. The molecular weight excluding hydrogens is 356 g/mol. The predicted molar refractivity (Wildman–Crippen MR) is 90.8 cm³/mol. The van der Waals surface area contributed by atoms with Gasteiger partial charge in [-0.2, -0.15) is 0 Å². The maximum Gasteiger partial charge on any atom is 0.325 e. The van der Waals surface area contributed by atoms with Crippen molar-refractivity contribution in [1.29, 1.82) is 0 Å². The van der Waals surface area contributed by atoms with Crippen LogP contribution >= 0.6 is 28.1 Å². The number of benzene rings is 1. The van der Waals surface area contributed by atoms with Crippen molar-refractivity contribution in [2.75, 3.05) is 38.3 Å². The standard InChI is InChI=1S/C14H19BrN2O3S/c1-3-20-13(18)9-17(6-7-19-2)12-5-4-10(15)8-11(12)14(16)21/h4-5,8H,3,6-7,9H2,1-2H3,(H2,16,21). The van der Waals surface area contributed by atoms with Gasteiger partial charge in [-0.05, 0) is 25.1 Å². The second-order valence-electron chi connectivity index (χ2n) is 4.25. The van der Waals surface area contributed by atoms with Gasteiger partial charge >= 0.3 is 5.97 Å². The van der Waals surface area contributed by atoms with E-state index in [1.807, 2.05) is 23.1 Å².